The molecule has 6 rings (SSSR count). The van der Waals surface area contributed by atoms with E-state index in [-0.39, 0.29) is 17.9 Å². The largest absolute Gasteiger partial charge is 0.486 e. The van der Waals surface area contributed by atoms with Crippen LogP contribution in [0.15, 0.2) is 107 Å². The van der Waals surface area contributed by atoms with Crippen molar-refractivity contribution in [3.63, 3.8) is 0 Å². The number of hydrogen-bond donors (Lipinski definition) is 1. The summed E-state index contributed by atoms with van der Waals surface area (Å²) in [6.45, 7) is 3.26. The van der Waals surface area contributed by atoms with Crippen LogP contribution in [0.5, 0.6) is 11.5 Å². The van der Waals surface area contributed by atoms with Crippen molar-refractivity contribution < 1.29 is 19.1 Å². The number of anilines is 1. The van der Waals surface area contributed by atoms with Crippen molar-refractivity contribution >= 4 is 35.3 Å². The molecule has 0 spiro atoms. The molecule has 2 aliphatic heterocycles. The third-order valence-corrected chi connectivity index (χ3v) is 7.90. The maximum absolute atomic E-state index is 13.6. The Morgan fingerprint density at radius 2 is 1.68 bits per heavy atom. The third-order valence-electron chi connectivity index (χ3n) is 6.82. The van der Waals surface area contributed by atoms with Crippen molar-refractivity contribution in [2.45, 2.75) is 24.5 Å². The Bertz CT molecular complexity index is 1580. The summed E-state index contributed by atoms with van der Waals surface area (Å²) in [5.41, 5.74) is 4.56. The average molecular weight is 549 g/mol. The zero-order valence-electron chi connectivity index (χ0n) is 22.0. The third kappa shape index (κ3) is 5.60. The molecule has 4 aromatic carbocycles. The second kappa shape index (κ2) is 11.3. The van der Waals surface area contributed by atoms with Gasteiger partial charge in [-0.1, -0.05) is 78.0 Å². The number of carbonyl (C=O) groups is 2. The van der Waals surface area contributed by atoms with Crippen molar-refractivity contribution in [3.8, 4) is 11.5 Å². The summed E-state index contributed by atoms with van der Waals surface area (Å²) in [5, 5.41) is 2.93. The van der Waals surface area contributed by atoms with Crippen molar-refractivity contribution in [2.24, 2.45) is 0 Å². The van der Waals surface area contributed by atoms with Crippen LogP contribution in [0.3, 0.4) is 0 Å². The minimum absolute atomic E-state index is 0.0395. The molecule has 0 aromatic heterocycles. The molecular formula is C33H28N2O4S. The quantitative estimate of drug-likeness (QED) is 0.289. The number of amides is 2. The number of aryl methyl sites for hydroxylation is 1. The van der Waals surface area contributed by atoms with Gasteiger partial charge in [0, 0.05) is 10.5 Å². The van der Waals surface area contributed by atoms with Gasteiger partial charge >= 0.3 is 0 Å². The molecular weight excluding hydrogens is 520 g/mol. The van der Waals surface area contributed by atoms with E-state index in [0.29, 0.717) is 41.7 Å². The number of nitrogens with one attached hydrogen (secondary N) is 1. The number of thioether (sulfide) groups is 1. The lowest BCUT2D eigenvalue weighted by Crippen LogP contribution is -2.40. The van der Waals surface area contributed by atoms with E-state index in [0.717, 1.165) is 21.7 Å². The molecule has 6 nitrogen and oxygen atoms in total. The topological polar surface area (TPSA) is 67.9 Å². The molecule has 2 amide bonds. The van der Waals surface area contributed by atoms with Gasteiger partial charge in [0.15, 0.2) is 11.5 Å². The molecule has 4 aromatic rings. The lowest BCUT2D eigenvalue weighted by molar-refractivity contribution is -0.114. The van der Waals surface area contributed by atoms with Crippen LogP contribution in [0.2, 0.25) is 0 Å². The van der Waals surface area contributed by atoms with Crippen molar-refractivity contribution in [2.75, 3.05) is 18.1 Å². The summed E-state index contributed by atoms with van der Waals surface area (Å²) in [7, 11) is 0. The van der Waals surface area contributed by atoms with Gasteiger partial charge in [-0.2, -0.15) is 0 Å². The Kier molecular flexibility index (Phi) is 7.29. The Labute approximate surface area is 237 Å². The number of hydrogen-bond acceptors (Lipinski definition) is 5. The first-order chi connectivity index (χ1) is 19.5. The summed E-state index contributed by atoms with van der Waals surface area (Å²) in [6, 6.07) is 31.0. The number of rotatable bonds is 6. The fourth-order valence-corrected chi connectivity index (χ4v) is 5.71. The van der Waals surface area contributed by atoms with E-state index in [1.807, 2.05) is 71.6 Å². The summed E-state index contributed by atoms with van der Waals surface area (Å²) < 4.78 is 11.6. The van der Waals surface area contributed by atoms with Gasteiger partial charge in [-0.15, -0.1) is 0 Å². The van der Waals surface area contributed by atoms with Gasteiger partial charge in [0.1, 0.15) is 12.7 Å². The molecule has 0 bridgehead atoms. The SMILES string of the molecule is Cc1ccc(CN2C(=O)/C(=C\c3ccc(C(=O)NCC4COc5ccccc5O4)cc3)Sc3ccccc32)cc1. The highest BCUT2D eigenvalue weighted by Crippen LogP contribution is 2.42. The van der Waals surface area contributed by atoms with Crippen molar-refractivity contribution in [1.29, 1.82) is 0 Å². The van der Waals surface area contributed by atoms with Crippen LogP contribution < -0.4 is 19.7 Å². The Hall–Kier alpha value is -4.49. The fraction of sp³-hybridized carbons (Fsp3) is 0.152. The van der Waals surface area contributed by atoms with Gasteiger partial charge in [-0.3, -0.25) is 9.59 Å². The van der Waals surface area contributed by atoms with Crippen LogP contribution in [-0.2, 0) is 11.3 Å². The molecule has 1 unspecified atom stereocenters. The fourth-order valence-electron chi connectivity index (χ4n) is 4.65. The predicted molar refractivity (Wildman–Crippen MR) is 158 cm³/mol. The minimum atomic E-state index is -0.261. The van der Waals surface area contributed by atoms with E-state index in [1.54, 1.807) is 12.1 Å². The van der Waals surface area contributed by atoms with Crippen LogP contribution in [0.4, 0.5) is 5.69 Å². The highest BCUT2D eigenvalue weighted by molar-refractivity contribution is 8.04. The van der Waals surface area contributed by atoms with E-state index in [2.05, 4.69) is 36.5 Å². The molecule has 40 heavy (non-hydrogen) atoms. The highest BCUT2D eigenvalue weighted by atomic mass is 32.2. The number of ether oxygens (including phenoxy) is 2. The van der Waals surface area contributed by atoms with E-state index in [4.69, 9.17) is 9.47 Å². The molecule has 200 valence electrons. The monoisotopic (exact) mass is 548 g/mol. The van der Waals surface area contributed by atoms with E-state index >= 15 is 0 Å². The summed E-state index contributed by atoms with van der Waals surface area (Å²) in [4.78, 5) is 29.9. The van der Waals surface area contributed by atoms with E-state index in [9.17, 15) is 9.59 Å². The zero-order valence-corrected chi connectivity index (χ0v) is 22.8. The van der Waals surface area contributed by atoms with Crippen LogP contribution in [-0.4, -0.2) is 31.1 Å². The van der Waals surface area contributed by atoms with Gasteiger partial charge in [-0.05, 0) is 60.5 Å². The average Bonchev–Trinajstić information content (AvgIpc) is 2.99. The van der Waals surface area contributed by atoms with Gasteiger partial charge < -0.3 is 19.7 Å². The predicted octanol–water partition coefficient (Wildman–Crippen LogP) is 6.24. The number of benzene rings is 4. The minimum Gasteiger partial charge on any atom is -0.486 e. The molecule has 0 saturated heterocycles. The molecule has 1 N–H and O–H groups in total. The Morgan fingerprint density at radius 3 is 2.48 bits per heavy atom. The Balaban J connectivity index is 1.13. The van der Waals surface area contributed by atoms with E-state index in [1.165, 1.54) is 17.3 Å². The zero-order chi connectivity index (χ0) is 27.5. The van der Waals surface area contributed by atoms with E-state index < -0.39 is 0 Å². The van der Waals surface area contributed by atoms with Crippen molar-refractivity contribution in [3.05, 3.63) is 124 Å². The molecule has 7 heteroatoms. The van der Waals surface area contributed by atoms with Crippen LogP contribution in [0.25, 0.3) is 6.08 Å². The normalized spacial score (nSPS) is 16.9. The molecule has 2 heterocycles. The molecule has 0 radical (unpaired) electrons. The summed E-state index contributed by atoms with van der Waals surface area (Å²) in [5.74, 6) is 1.16. The molecule has 2 aliphatic rings. The molecule has 0 saturated carbocycles. The van der Waals surface area contributed by atoms with Crippen LogP contribution in [0, 0.1) is 6.92 Å². The first-order valence-corrected chi connectivity index (χ1v) is 14.0. The lowest BCUT2D eigenvalue weighted by Gasteiger charge is -2.30. The number of para-hydroxylation sites is 3. The first-order valence-electron chi connectivity index (χ1n) is 13.2. The first kappa shape index (κ1) is 25.8. The van der Waals surface area contributed by atoms with Gasteiger partial charge in [0.2, 0.25) is 0 Å². The second-order valence-electron chi connectivity index (χ2n) is 9.78. The molecule has 0 fully saturated rings. The van der Waals surface area contributed by atoms with Crippen molar-refractivity contribution in [1.82, 2.24) is 5.32 Å². The maximum atomic E-state index is 13.6. The number of carbonyl (C=O) groups excluding carboxylic acids is 2. The molecule has 0 aliphatic carbocycles. The lowest BCUT2D eigenvalue weighted by atomic mass is 10.1. The number of fused-ring (bicyclic) bond motifs is 2. The molecule has 1 atom stereocenters. The smallest absolute Gasteiger partial charge is 0.265 e. The second-order valence-corrected chi connectivity index (χ2v) is 10.9. The van der Waals surface area contributed by atoms with Gasteiger partial charge in [-0.25, -0.2) is 0 Å². The number of nitrogens with zero attached hydrogens (tertiary/aromatic N) is 1. The van der Waals surface area contributed by atoms with Gasteiger partial charge in [0.05, 0.1) is 23.7 Å². The standard InChI is InChI=1S/C33H28N2O4S/c1-22-10-12-24(13-11-22)20-35-27-6-2-5-9-30(27)40-31(33(35)37)18-23-14-16-25(17-15-23)32(36)34-19-26-21-38-28-7-3-4-8-29(28)39-26/h2-18,26H,19-21H2,1H3,(H,34,36)/b31-18+. The highest BCUT2D eigenvalue weighted by Gasteiger charge is 2.29. The van der Waals surface area contributed by atoms with Gasteiger partial charge in [0.25, 0.3) is 11.8 Å². The summed E-state index contributed by atoms with van der Waals surface area (Å²) >= 11 is 1.47. The van der Waals surface area contributed by atoms with Crippen LogP contribution >= 0.6 is 11.8 Å². The van der Waals surface area contributed by atoms with Crippen LogP contribution in [0.1, 0.15) is 27.0 Å². The Morgan fingerprint density at radius 1 is 0.950 bits per heavy atom. The summed E-state index contributed by atoms with van der Waals surface area (Å²) in [6.07, 6.45) is 1.63. The maximum Gasteiger partial charge on any atom is 0.265 e.